The van der Waals surface area contributed by atoms with Crippen molar-refractivity contribution in [3.05, 3.63) is 0 Å². The number of hydrogen-bond acceptors (Lipinski definition) is 3. The number of aliphatic carboxylic acids is 1. The molecule has 0 amide bonds. The van der Waals surface area contributed by atoms with Crippen LogP contribution >= 0.6 is 0 Å². The van der Waals surface area contributed by atoms with Gasteiger partial charge in [0.25, 0.3) is 0 Å². The van der Waals surface area contributed by atoms with Crippen molar-refractivity contribution in [3.8, 4) is 0 Å². The van der Waals surface area contributed by atoms with Crippen LogP contribution in [0.2, 0.25) is 0 Å². The van der Waals surface area contributed by atoms with Crippen LogP contribution < -0.4 is 5.32 Å². The highest BCUT2D eigenvalue weighted by Crippen LogP contribution is 2.07. The molecule has 2 N–H and O–H groups in total. The fraction of sp³-hybridized carbons (Fsp3) is 0.889. The van der Waals surface area contributed by atoms with Gasteiger partial charge in [0.05, 0.1) is 6.54 Å². The minimum Gasteiger partial charge on any atom is -0.480 e. The molecule has 1 atom stereocenters. The van der Waals surface area contributed by atoms with Crippen LogP contribution in [-0.2, 0) is 4.79 Å². The highest BCUT2D eigenvalue weighted by atomic mass is 16.4. The van der Waals surface area contributed by atoms with Gasteiger partial charge in [0, 0.05) is 25.7 Å². The Labute approximate surface area is 78.9 Å². The number of nitrogens with zero attached hydrogens (tertiary/aromatic N) is 1. The van der Waals surface area contributed by atoms with Gasteiger partial charge >= 0.3 is 5.97 Å². The van der Waals surface area contributed by atoms with E-state index in [4.69, 9.17) is 5.11 Å². The van der Waals surface area contributed by atoms with Crippen LogP contribution in [0.3, 0.4) is 0 Å². The second-order valence-corrected chi connectivity index (χ2v) is 3.93. The minimum atomic E-state index is -0.732. The van der Waals surface area contributed by atoms with E-state index in [1.54, 1.807) is 0 Å². The van der Waals surface area contributed by atoms with Gasteiger partial charge < -0.3 is 10.4 Å². The third kappa shape index (κ3) is 3.32. The molecular formula is C9H18N2O2. The Morgan fingerprint density at radius 1 is 1.69 bits per heavy atom. The van der Waals surface area contributed by atoms with Crippen molar-refractivity contribution in [2.45, 2.75) is 19.9 Å². The molecule has 13 heavy (non-hydrogen) atoms. The molecule has 1 unspecified atom stereocenters. The van der Waals surface area contributed by atoms with Gasteiger partial charge in [-0.1, -0.05) is 13.8 Å². The number of carboxylic acid groups (broad SMARTS) is 1. The van der Waals surface area contributed by atoms with Crippen molar-refractivity contribution in [1.29, 1.82) is 0 Å². The fourth-order valence-electron chi connectivity index (χ4n) is 1.62. The molecule has 1 saturated heterocycles. The molecular weight excluding hydrogens is 168 g/mol. The minimum absolute atomic E-state index is 0.172. The highest BCUT2D eigenvalue weighted by Gasteiger charge is 2.22. The summed E-state index contributed by atoms with van der Waals surface area (Å²) in [6, 6.07) is 0.438. The van der Waals surface area contributed by atoms with Crippen LogP contribution in [0, 0.1) is 5.92 Å². The average Bonchev–Trinajstić information content (AvgIpc) is 2.03. The van der Waals surface area contributed by atoms with E-state index in [1.807, 2.05) is 4.90 Å². The van der Waals surface area contributed by atoms with Crippen molar-refractivity contribution in [1.82, 2.24) is 10.2 Å². The van der Waals surface area contributed by atoms with Crippen molar-refractivity contribution in [2.75, 3.05) is 26.2 Å². The summed E-state index contributed by atoms with van der Waals surface area (Å²) in [5.74, 6) is -0.166. The monoisotopic (exact) mass is 186 g/mol. The zero-order valence-corrected chi connectivity index (χ0v) is 8.29. The molecule has 4 heteroatoms. The van der Waals surface area contributed by atoms with Crippen LogP contribution in [0.15, 0.2) is 0 Å². The van der Waals surface area contributed by atoms with E-state index in [-0.39, 0.29) is 6.54 Å². The Morgan fingerprint density at radius 2 is 2.38 bits per heavy atom. The number of piperazine rings is 1. The third-order valence-corrected chi connectivity index (χ3v) is 2.45. The van der Waals surface area contributed by atoms with Crippen LogP contribution in [0.5, 0.6) is 0 Å². The molecule has 0 saturated carbocycles. The van der Waals surface area contributed by atoms with Crippen LogP contribution in [-0.4, -0.2) is 48.2 Å². The highest BCUT2D eigenvalue weighted by molar-refractivity contribution is 5.69. The Hall–Kier alpha value is -0.610. The predicted molar refractivity (Wildman–Crippen MR) is 50.7 cm³/mol. The first kappa shape index (κ1) is 10.5. The van der Waals surface area contributed by atoms with Gasteiger partial charge in [0.1, 0.15) is 0 Å². The largest absolute Gasteiger partial charge is 0.480 e. The van der Waals surface area contributed by atoms with Crippen LogP contribution in [0.1, 0.15) is 13.8 Å². The van der Waals surface area contributed by atoms with Crippen LogP contribution in [0.25, 0.3) is 0 Å². The van der Waals surface area contributed by atoms with Crippen molar-refractivity contribution >= 4 is 5.97 Å². The summed E-state index contributed by atoms with van der Waals surface area (Å²) in [5.41, 5.74) is 0. The molecule has 76 valence electrons. The predicted octanol–water partition coefficient (Wildman–Crippen LogP) is 0.000800. The normalized spacial score (nSPS) is 25.0. The van der Waals surface area contributed by atoms with Gasteiger partial charge in [-0.2, -0.15) is 0 Å². The Morgan fingerprint density at radius 3 is 2.92 bits per heavy atom. The molecule has 0 radical (unpaired) electrons. The molecule has 4 nitrogen and oxygen atoms in total. The molecule has 1 fully saturated rings. The van der Waals surface area contributed by atoms with Crippen molar-refractivity contribution in [2.24, 2.45) is 5.92 Å². The number of carboxylic acids is 1. The first-order valence-corrected chi connectivity index (χ1v) is 4.77. The molecule has 0 spiro atoms. The van der Waals surface area contributed by atoms with Crippen LogP contribution in [0.4, 0.5) is 0 Å². The quantitative estimate of drug-likeness (QED) is 0.651. The first-order chi connectivity index (χ1) is 6.09. The Bertz CT molecular complexity index is 182. The summed E-state index contributed by atoms with van der Waals surface area (Å²) in [6.45, 7) is 7.07. The maximum atomic E-state index is 10.5. The molecule has 0 aromatic carbocycles. The maximum absolute atomic E-state index is 10.5. The zero-order valence-electron chi connectivity index (χ0n) is 8.29. The van der Waals surface area contributed by atoms with Crippen molar-refractivity contribution in [3.63, 3.8) is 0 Å². The lowest BCUT2D eigenvalue weighted by molar-refractivity contribution is -0.138. The van der Waals surface area contributed by atoms with Gasteiger partial charge in [-0.15, -0.1) is 0 Å². The van der Waals surface area contributed by atoms with Crippen molar-refractivity contribution < 1.29 is 9.90 Å². The van der Waals surface area contributed by atoms with E-state index in [2.05, 4.69) is 19.2 Å². The van der Waals surface area contributed by atoms with E-state index in [0.717, 1.165) is 19.6 Å². The lowest BCUT2D eigenvalue weighted by Gasteiger charge is -2.34. The van der Waals surface area contributed by atoms with E-state index in [0.29, 0.717) is 12.0 Å². The lowest BCUT2D eigenvalue weighted by Crippen LogP contribution is -2.53. The lowest BCUT2D eigenvalue weighted by atomic mass is 10.0. The second kappa shape index (κ2) is 4.58. The smallest absolute Gasteiger partial charge is 0.317 e. The summed E-state index contributed by atoms with van der Waals surface area (Å²) >= 11 is 0. The van der Waals surface area contributed by atoms with E-state index >= 15 is 0 Å². The van der Waals surface area contributed by atoms with E-state index in [1.165, 1.54) is 0 Å². The molecule has 0 aromatic rings. The van der Waals surface area contributed by atoms with Gasteiger partial charge in [-0.05, 0) is 5.92 Å². The standard InChI is InChI=1S/C9H18N2O2/c1-7(2)8-5-11(4-3-10-8)6-9(12)13/h7-8,10H,3-6H2,1-2H3,(H,12,13). The summed E-state index contributed by atoms with van der Waals surface area (Å²) < 4.78 is 0. The Balaban J connectivity index is 2.37. The topological polar surface area (TPSA) is 52.6 Å². The summed E-state index contributed by atoms with van der Waals surface area (Å²) in [4.78, 5) is 12.5. The molecule has 0 bridgehead atoms. The summed E-state index contributed by atoms with van der Waals surface area (Å²) in [6.07, 6.45) is 0. The van der Waals surface area contributed by atoms with Gasteiger partial charge in [0.15, 0.2) is 0 Å². The molecule has 0 aromatic heterocycles. The number of rotatable bonds is 3. The molecule has 0 aliphatic carbocycles. The first-order valence-electron chi connectivity index (χ1n) is 4.77. The molecule has 1 aliphatic heterocycles. The average molecular weight is 186 g/mol. The SMILES string of the molecule is CC(C)C1CN(CC(=O)O)CCN1. The van der Waals surface area contributed by atoms with Gasteiger partial charge in [-0.25, -0.2) is 0 Å². The number of hydrogen-bond donors (Lipinski definition) is 2. The third-order valence-electron chi connectivity index (χ3n) is 2.45. The fourth-order valence-corrected chi connectivity index (χ4v) is 1.62. The second-order valence-electron chi connectivity index (χ2n) is 3.93. The van der Waals surface area contributed by atoms with Gasteiger partial charge in [0.2, 0.25) is 0 Å². The summed E-state index contributed by atoms with van der Waals surface area (Å²) in [7, 11) is 0. The summed E-state index contributed by atoms with van der Waals surface area (Å²) in [5, 5.41) is 12.0. The number of carbonyl (C=O) groups is 1. The zero-order chi connectivity index (χ0) is 9.84. The maximum Gasteiger partial charge on any atom is 0.317 e. The van der Waals surface area contributed by atoms with Gasteiger partial charge in [-0.3, -0.25) is 9.69 Å². The molecule has 1 rings (SSSR count). The van der Waals surface area contributed by atoms with E-state index in [9.17, 15) is 4.79 Å². The molecule has 1 aliphatic rings. The number of nitrogens with one attached hydrogen (secondary N) is 1. The molecule has 1 heterocycles. The van der Waals surface area contributed by atoms with E-state index < -0.39 is 5.97 Å². The Kier molecular flexibility index (Phi) is 3.69.